The Morgan fingerprint density at radius 2 is 2.06 bits per heavy atom. The van der Waals surface area contributed by atoms with Crippen molar-refractivity contribution in [1.82, 2.24) is 0 Å². The highest BCUT2D eigenvalue weighted by atomic mass is 127. The maximum atomic E-state index is 10.7. The van der Waals surface area contributed by atoms with E-state index >= 15 is 0 Å². The van der Waals surface area contributed by atoms with Gasteiger partial charge in [-0.1, -0.05) is 18.2 Å². The van der Waals surface area contributed by atoms with Gasteiger partial charge < -0.3 is 8.17 Å². The molecule has 1 atom stereocenters. The first-order valence-corrected chi connectivity index (χ1v) is 6.09. The van der Waals surface area contributed by atoms with Gasteiger partial charge in [0.1, 0.15) is 5.76 Å². The molecule has 3 nitrogen and oxygen atoms in total. The first-order valence-electron chi connectivity index (χ1n) is 5.21. The van der Waals surface area contributed by atoms with Crippen molar-refractivity contribution in [3.63, 3.8) is 0 Å². The summed E-state index contributed by atoms with van der Waals surface area (Å²) < 4.78 is 5.09. The summed E-state index contributed by atoms with van der Waals surface area (Å²) in [6.07, 6.45) is 6.92. The minimum absolute atomic E-state index is 0.299. The van der Waals surface area contributed by atoms with E-state index in [0.717, 1.165) is 17.7 Å². The van der Waals surface area contributed by atoms with Gasteiger partial charge in [0.05, 0.1) is 5.56 Å². The predicted octanol–water partition coefficient (Wildman–Crippen LogP) is 3.68. The zero-order chi connectivity index (χ0) is 12.3. The Bertz CT molecular complexity index is 474. The average Bonchev–Trinajstić information content (AvgIpc) is 2.39. The number of halogens is 1. The lowest BCUT2D eigenvalue weighted by Crippen LogP contribution is -2.01. The zero-order valence-electron chi connectivity index (χ0n) is 8.97. The molecule has 0 fully saturated rings. The van der Waals surface area contributed by atoms with Crippen LogP contribution in [0.5, 0.6) is 0 Å². The van der Waals surface area contributed by atoms with E-state index in [1.807, 2.05) is 47.3 Å². The van der Waals surface area contributed by atoms with Crippen LogP contribution in [0.3, 0.4) is 0 Å². The number of hydrogen-bond acceptors (Lipinski definition) is 2. The summed E-state index contributed by atoms with van der Waals surface area (Å²) in [6, 6.07) is 7.00. The number of allylic oxidation sites excluding steroid dienone is 3. The third kappa shape index (κ3) is 2.88. The molecule has 1 aliphatic carbocycles. The van der Waals surface area contributed by atoms with Crippen molar-refractivity contribution in [2.75, 3.05) is 0 Å². The maximum absolute atomic E-state index is 10.7. The van der Waals surface area contributed by atoms with Gasteiger partial charge in [-0.3, -0.25) is 0 Å². The molecule has 2 rings (SSSR count). The molecule has 0 aliphatic heterocycles. The van der Waals surface area contributed by atoms with Gasteiger partial charge >= 0.3 is 5.97 Å². The second-order valence-corrected chi connectivity index (χ2v) is 4.25. The van der Waals surface area contributed by atoms with Crippen LogP contribution in [-0.2, 0) is 3.07 Å². The summed E-state index contributed by atoms with van der Waals surface area (Å²) in [7, 11) is 0. The maximum Gasteiger partial charge on any atom is 0.335 e. The molecule has 0 bridgehead atoms. The second kappa shape index (κ2) is 5.35. The second-order valence-electron chi connectivity index (χ2n) is 3.81. The van der Waals surface area contributed by atoms with Gasteiger partial charge in [0.25, 0.3) is 0 Å². The van der Waals surface area contributed by atoms with Crippen LogP contribution in [0.1, 0.15) is 28.3 Å². The molecule has 0 saturated carbocycles. The fourth-order valence-electron chi connectivity index (χ4n) is 1.78. The van der Waals surface area contributed by atoms with Gasteiger partial charge in [-0.25, -0.2) is 4.79 Å². The fourth-order valence-corrected chi connectivity index (χ4v) is 2.10. The van der Waals surface area contributed by atoms with Crippen LogP contribution in [0, 0.1) is 0 Å². The quantitative estimate of drug-likeness (QED) is 0.853. The number of rotatable bonds is 3. The lowest BCUT2D eigenvalue weighted by Gasteiger charge is -2.15. The third-order valence-corrected chi connectivity index (χ3v) is 3.25. The van der Waals surface area contributed by atoms with Crippen molar-refractivity contribution in [3.8, 4) is 0 Å². The summed E-state index contributed by atoms with van der Waals surface area (Å²) in [5, 5.41) is 8.81. The normalized spacial score (nSPS) is 18.6. The number of carbonyl (C=O) groups is 1. The van der Waals surface area contributed by atoms with Crippen molar-refractivity contribution < 1.29 is 13.0 Å². The molecular formula is C13H11IO3. The molecule has 88 valence electrons. The standard InChI is InChI=1S/C13H11IO3/c14-17-12-7-5-10(6-8-12)9-1-3-11(4-2-9)13(15)16/h1-5,7-8,10H,6H2,(H,15,16). The van der Waals surface area contributed by atoms with Crippen LogP contribution < -0.4 is 0 Å². The van der Waals surface area contributed by atoms with E-state index in [-0.39, 0.29) is 0 Å². The van der Waals surface area contributed by atoms with E-state index in [1.54, 1.807) is 12.1 Å². The van der Waals surface area contributed by atoms with E-state index in [1.165, 1.54) is 0 Å². The smallest absolute Gasteiger partial charge is 0.335 e. The molecule has 4 heteroatoms. The monoisotopic (exact) mass is 342 g/mol. The van der Waals surface area contributed by atoms with Crippen molar-refractivity contribution in [1.29, 1.82) is 0 Å². The van der Waals surface area contributed by atoms with Crippen LogP contribution in [0.15, 0.2) is 48.3 Å². The average molecular weight is 342 g/mol. The first kappa shape index (κ1) is 12.2. The molecule has 0 aromatic heterocycles. The van der Waals surface area contributed by atoms with E-state index < -0.39 is 5.97 Å². The van der Waals surface area contributed by atoms with E-state index in [0.29, 0.717) is 11.5 Å². The van der Waals surface area contributed by atoms with E-state index in [9.17, 15) is 4.79 Å². The predicted molar refractivity (Wildman–Crippen MR) is 73.1 cm³/mol. The van der Waals surface area contributed by atoms with Crippen LogP contribution in [0.4, 0.5) is 0 Å². The van der Waals surface area contributed by atoms with E-state index in [4.69, 9.17) is 8.17 Å². The summed E-state index contributed by atoms with van der Waals surface area (Å²) in [6.45, 7) is 0. The number of aromatic carboxylic acids is 1. The topological polar surface area (TPSA) is 46.5 Å². The van der Waals surface area contributed by atoms with Gasteiger partial charge in [0, 0.05) is 5.92 Å². The Labute approximate surface area is 113 Å². The molecule has 0 amide bonds. The molecule has 0 radical (unpaired) electrons. The summed E-state index contributed by atoms with van der Waals surface area (Å²) in [5.74, 6) is 0.272. The Kier molecular flexibility index (Phi) is 3.83. The summed E-state index contributed by atoms with van der Waals surface area (Å²) in [4.78, 5) is 10.7. The highest BCUT2D eigenvalue weighted by Crippen LogP contribution is 2.27. The Hall–Kier alpha value is -1.30. The number of carboxylic acid groups (broad SMARTS) is 1. The molecule has 0 heterocycles. The minimum atomic E-state index is -0.892. The van der Waals surface area contributed by atoms with Crippen molar-refractivity contribution in [2.24, 2.45) is 0 Å². The number of hydrogen-bond donors (Lipinski definition) is 1. The Morgan fingerprint density at radius 3 is 2.53 bits per heavy atom. The van der Waals surface area contributed by atoms with Crippen molar-refractivity contribution >= 4 is 29.0 Å². The van der Waals surface area contributed by atoms with Crippen LogP contribution in [0.25, 0.3) is 0 Å². The minimum Gasteiger partial charge on any atom is -0.478 e. The number of carboxylic acids is 1. The van der Waals surface area contributed by atoms with Gasteiger partial charge in [0.15, 0.2) is 23.0 Å². The van der Waals surface area contributed by atoms with Gasteiger partial charge in [0.2, 0.25) is 0 Å². The lowest BCUT2D eigenvalue weighted by atomic mass is 9.91. The molecule has 0 spiro atoms. The molecule has 0 saturated heterocycles. The first-order chi connectivity index (χ1) is 8.20. The fraction of sp³-hybridized carbons (Fsp3) is 0.154. The van der Waals surface area contributed by atoms with Crippen molar-refractivity contribution in [2.45, 2.75) is 12.3 Å². The molecule has 1 unspecified atom stereocenters. The van der Waals surface area contributed by atoms with Gasteiger partial charge in [-0.15, -0.1) is 0 Å². The Balaban J connectivity index is 2.12. The Morgan fingerprint density at radius 1 is 1.35 bits per heavy atom. The summed E-state index contributed by atoms with van der Waals surface area (Å²) >= 11 is 1.86. The van der Waals surface area contributed by atoms with Gasteiger partial charge in [-0.05, 0) is 36.3 Å². The zero-order valence-corrected chi connectivity index (χ0v) is 11.1. The SMILES string of the molecule is O=C(O)c1ccc(C2C=CC(OI)=CC2)cc1. The van der Waals surface area contributed by atoms with E-state index in [2.05, 4.69) is 6.08 Å². The van der Waals surface area contributed by atoms with Crippen molar-refractivity contribution in [3.05, 3.63) is 59.4 Å². The lowest BCUT2D eigenvalue weighted by molar-refractivity contribution is 0.0697. The largest absolute Gasteiger partial charge is 0.478 e. The van der Waals surface area contributed by atoms with Gasteiger partial charge in [-0.2, -0.15) is 0 Å². The van der Waals surface area contributed by atoms with Crippen LogP contribution >= 0.6 is 23.0 Å². The molecule has 1 aromatic rings. The molecular weight excluding hydrogens is 331 g/mol. The summed E-state index contributed by atoms with van der Waals surface area (Å²) in [5.41, 5.74) is 1.44. The molecule has 1 N–H and O–H groups in total. The van der Waals surface area contributed by atoms with Crippen LogP contribution in [-0.4, -0.2) is 11.1 Å². The number of benzene rings is 1. The molecule has 1 aromatic carbocycles. The highest BCUT2D eigenvalue weighted by molar-refractivity contribution is 14.1. The molecule has 1 aliphatic rings. The molecule has 17 heavy (non-hydrogen) atoms. The van der Waals surface area contributed by atoms with Crippen LogP contribution in [0.2, 0.25) is 0 Å². The third-order valence-electron chi connectivity index (χ3n) is 2.74. The highest BCUT2D eigenvalue weighted by Gasteiger charge is 2.12.